The quantitative estimate of drug-likeness (QED) is 0.375. The van der Waals surface area contributed by atoms with Gasteiger partial charge >= 0.3 is 5.97 Å². The van der Waals surface area contributed by atoms with Gasteiger partial charge in [0.05, 0.1) is 28.8 Å². The van der Waals surface area contributed by atoms with Gasteiger partial charge in [0, 0.05) is 32.7 Å². The monoisotopic (exact) mass is 548 g/mol. The van der Waals surface area contributed by atoms with Crippen molar-refractivity contribution in [3.8, 4) is 0 Å². The Kier molecular flexibility index (Phi) is 7.36. The Morgan fingerprint density at radius 1 is 1.24 bits per heavy atom. The van der Waals surface area contributed by atoms with E-state index in [1.54, 1.807) is 26.0 Å². The first-order valence-corrected chi connectivity index (χ1v) is 15.4. The van der Waals surface area contributed by atoms with Crippen molar-refractivity contribution >= 4 is 38.7 Å². The molecule has 0 aliphatic carbocycles. The van der Waals surface area contributed by atoms with E-state index >= 15 is 0 Å². The molecule has 0 saturated carbocycles. The van der Waals surface area contributed by atoms with E-state index in [0.717, 1.165) is 23.4 Å². The molecule has 200 valence electrons. The fourth-order valence-corrected chi connectivity index (χ4v) is 7.25. The van der Waals surface area contributed by atoms with Gasteiger partial charge in [-0.2, -0.15) is 4.98 Å². The summed E-state index contributed by atoms with van der Waals surface area (Å²) in [5.41, 5.74) is 1.03. The molecule has 2 aromatic rings. The van der Waals surface area contributed by atoms with E-state index < -0.39 is 32.2 Å². The molecule has 1 unspecified atom stereocenters. The average molecular weight is 549 g/mol. The fourth-order valence-electron chi connectivity index (χ4n) is 4.76. The summed E-state index contributed by atoms with van der Waals surface area (Å²) in [5.74, 6) is 1.25. The number of sulfone groups is 1. The third-order valence-electron chi connectivity index (χ3n) is 7.15. The summed E-state index contributed by atoms with van der Waals surface area (Å²) in [7, 11) is -1.50. The van der Waals surface area contributed by atoms with Crippen LogP contribution in [-0.4, -0.2) is 85.4 Å². The Morgan fingerprint density at radius 2 is 1.97 bits per heavy atom. The number of benzene rings is 1. The molecule has 12 heteroatoms. The SMILES string of the molecule is CC(C)S(=O)(=O)c1cccc(C(=O)OC2CN(c3nc4c(c(N(C)C5CCOCC5)n3)[S+]([O-])CC4)C2)c1. The molecular weight excluding hydrogens is 516 g/mol. The van der Waals surface area contributed by atoms with Crippen LogP contribution in [-0.2, 0) is 36.9 Å². The normalized spacial score (nSPS) is 20.6. The van der Waals surface area contributed by atoms with Crippen molar-refractivity contribution in [2.24, 2.45) is 0 Å². The number of nitrogens with zero attached hydrogens (tertiary/aromatic N) is 4. The molecule has 37 heavy (non-hydrogen) atoms. The fraction of sp³-hybridized carbons (Fsp3) is 0.560. The van der Waals surface area contributed by atoms with Crippen molar-refractivity contribution < 1.29 is 27.2 Å². The van der Waals surface area contributed by atoms with E-state index in [4.69, 9.17) is 19.4 Å². The Bertz CT molecular complexity index is 1280. The van der Waals surface area contributed by atoms with Gasteiger partial charge in [-0.3, -0.25) is 0 Å². The number of anilines is 2. The van der Waals surface area contributed by atoms with Crippen molar-refractivity contribution in [1.29, 1.82) is 0 Å². The van der Waals surface area contributed by atoms with Crippen molar-refractivity contribution in [2.75, 3.05) is 48.9 Å². The summed E-state index contributed by atoms with van der Waals surface area (Å²) in [6, 6.07) is 6.23. The van der Waals surface area contributed by atoms with Crippen LogP contribution >= 0.6 is 0 Å². The summed E-state index contributed by atoms with van der Waals surface area (Å²) < 4.78 is 48.8. The molecule has 0 amide bonds. The van der Waals surface area contributed by atoms with Gasteiger partial charge in [-0.1, -0.05) is 6.07 Å². The van der Waals surface area contributed by atoms with E-state index in [-0.39, 0.29) is 22.6 Å². The molecular formula is C25H32N4O6S2. The molecule has 0 radical (unpaired) electrons. The molecule has 2 fully saturated rings. The second-order valence-corrected chi connectivity index (χ2v) is 13.9. The molecule has 0 N–H and O–H groups in total. The number of ether oxygens (including phenoxy) is 2. The Morgan fingerprint density at radius 3 is 2.68 bits per heavy atom. The van der Waals surface area contributed by atoms with E-state index in [1.807, 2.05) is 11.9 Å². The van der Waals surface area contributed by atoms with Crippen LogP contribution in [0.4, 0.5) is 11.8 Å². The molecule has 3 aliphatic heterocycles. The number of esters is 1. The minimum Gasteiger partial charge on any atom is -0.611 e. The zero-order valence-electron chi connectivity index (χ0n) is 21.3. The van der Waals surface area contributed by atoms with Crippen LogP contribution in [0.5, 0.6) is 0 Å². The van der Waals surface area contributed by atoms with E-state index in [2.05, 4.69) is 4.90 Å². The minimum absolute atomic E-state index is 0.109. The Hall–Kier alpha value is -2.41. The van der Waals surface area contributed by atoms with Gasteiger partial charge in [0.2, 0.25) is 10.8 Å². The lowest BCUT2D eigenvalue weighted by Gasteiger charge is -2.39. The maximum Gasteiger partial charge on any atom is 0.338 e. The van der Waals surface area contributed by atoms with Gasteiger partial charge in [0.25, 0.3) is 0 Å². The predicted molar refractivity (Wildman–Crippen MR) is 139 cm³/mol. The number of hydrogen-bond acceptors (Lipinski definition) is 10. The number of aromatic nitrogens is 2. The van der Waals surface area contributed by atoms with E-state index in [9.17, 15) is 17.8 Å². The zero-order chi connectivity index (χ0) is 26.3. The van der Waals surface area contributed by atoms with Crippen LogP contribution in [0.2, 0.25) is 0 Å². The zero-order valence-corrected chi connectivity index (χ0v) is 22.9. The Balaban J connectivity index is 1.28. The summed E-state index contributed by atoms with van der Waals surface area (Å²) in [6.07, 6.45) is 2.06. The highest BCUT2D eigenvalue weighted by Crippen LogP contribution is 2.36. The summed E-state index contributed by atoms with van der Waals surface area (Å²) in [5, 5.41) is -0.584. The predicted octanol–water partition coefficient (Wildman–Crippen LogP) is 1.98. The van der Waals surface area contributed by atoms with Gasteiger partial charge in [0.1, 0.15) is 17.6 Å². The number of carbonyl (C=O) groups is 1. The number of rotatable bonds is 7. The van der Waals surface area contributed by atoms with Crippen LogP contribution in [0, 0.1) is 0 Å². The van der Waals surface area contributed by atoms with Crippen LogP contribution in [0.15, 0.2) is 34.1 Å². The number of hydrogen-bond donors (Lipinski definition) is 0. The first-order chi connectivity index (χ1) is 17.6. The maximum absolute atomic E-state index is 12.7. The van der Waals surface area contributed by atoms with Crippen LogP contribution < -0.4 is 9.80 Å². The highest BCUT2D eigenvalue weighted by atomic mass is 32.2. The third kappa shape index (κ3) is 5.16. The topological polar surface area (TPSA) is 125 Å². The van der Waals surface area contributed by atoms with Crippen molar-refractivity contribution in [2.45, 2.75) is 60.3 Å². The van der Waals surface area contributed by atoms with Crippen molar-refractivity contribution in [1.82, 2.24) is 9.97 Å². The van der Waals surface area contributed by atoms with Gasteiger partial charge in [-0.25, -0.2) is 18.2 Å². The van der Waals surface area contributed by atoms with Gasteiger partial charge < -0.3 is 23.8 Å². The highest BCUT2D eigenvalue weighted by Gasteiger charge is 2.38. The lowest BCUT2D eigenvalue weighted by molar-refractivity contribution is 0.0231. The van der Waals surface area contributed by atoms with Gasteiger partial charge in [0.15, 0.2) is 15.7 Å². The average Bonchev–Trinajstić information content (AvgIpc) is 3.25. The number of carbonyl (C=O) groups excluding carboxylic acids is 1. The number of aryl methyl sites for hydroxylation is 1. The van der Waals surface area contributed by atoms with Crippen molar-refractivity contribution in [3.63, 3.8) is 0 Å². The summed E-state index contributed by atoms with van der Waals surface area (Å²) in [6.45, 7) is 5.47. The molecule has 1 aromatic carbocycles. The molecule has 3 aliphatic rings. The molecule has 2 saturated heterocycles. The molecule has 1 aromatic heterocycles. The third-order valence-corrected chi connectivity index (χ3v) is 10.8. The van der Waals surface area contributed by atoms with Crippen molar-refractivity contribution in [3.05, 3.63) is 35.5 Å². The second-order valence-electron chi connectivity index (χ2n) is 9.93. The molecule has 10 nitrogen and oxygen atoms in total. The van der Waals surface area contributed by atoms with E-state index in [1.165, 1.54) is 12.1 Å². The molecule has 5 rings (SSSR count). The van der Waals surface area contributed by atoms with Gasteiger partial charge in [-0.05, 0) is 56.1 Å². The largest absolute Gasteiger partial charge is 0.611 e. The summed E-state index contributed by atoms with van der Waals surface area (Å²) >= 11 is -1.12. The van der Waals surface area contributed by atoms with Crippen LogP contribution in [0.1, 0.15) is 42.7 Å². The lowest BCUT2D eigenvalue weighted by Crippen LogP contribution is -2.54. The maximum atomic E-state index is 12.7. The first kappa shape index (κ1) is 26.2. The first-order valence-electron chi connectivity index (χ1n) is 12.5. The van der Waals surface area contributed by atoms with Gasteiger partial charge in [-0.15, -0.1) is 0 Å². The van der Waals surface area contributed by atoms with Crippen LogP contribution in [0.25, 0.3) is 0 Å². The van der Waals surface area contributed by atoms with Crippen LogP contribution in [0.3, 0.4) is 0 Å². The standard InChI is InChI=1S/C25H32N4O6S2/c1-16(2)37(32,33)20-6-4-5-17(13-20)24(30)35-19-14-29(15-19)25-26-21-9-12-36(31)22(21)23(27-25)28(3)18-7-10-34-11-8-18/h4-6,13,16,18-19H,7-12,14-15H2,1-3H3. The molecule has 0 bridgehead atoms. The number of fused-ring (bicyclic) bond motifs is 1. The molecule has 0 spiro atoms. The molecule has 4 heterocycles. The highest BCUT2D eigenvalue weighted by molar-refractivity contribution is 7.92. The lowest BCUT2D eigenvalue weighted by atomic mass is 10.1. The smallest absolute Gasteiger partial charge is 0.338 e. The van der Waals surface area contributed by atoms with E-state index in [0.29, 0.717) is 50.2 Å². The Labute approximate surface area is 220 Å². The summed E-state index contributed by atoms with van der Waals surface area (Å²) in [4.78, 5) is 27.2. The minimum atomic E-state index is -3.49. The molecule has 1 atom stereocenters. The second kappa shape index (κ2) is 10.4.